The van der Waals surface area contributed by atoms with Crippen LogP contribution in [0.4, 0.5) is 11.4 Å². The number of non-ortho nitro benzene ring substituents is 1. The number of anilines is 1. The molecule has 0 aliphatic carbocycles. The number of pyridine rings is 1. The molecule has 0 amide bonds. The van der Waals surface area contributed by atoms with Gasteiger partial charge in [0.25, 0.3) is 5.69 Å². The number of nitrogens with one attached hydrogen (secondary N) is 1. The Kier molecular flexibility index (Phi) is 4.20. The third-order valence-corrected chi connectivity index (χ3v) is 3.23. The van der Waals surface area contributed by atoms with E-state index >= 15 is 0 Å². The van der Waals surface area contributed by atoms with Crippen LogP contribution in [0, 0.1) is 17.0 Å². The summed E-state index contributed by atoms with van der Waals surface area (Å²) in [6, 6.07) is 8.30. The lowest BCUT2D eigenvalue weighted by Gasteiger charge is -2.16. The van der Waals surface area contributed by atoms with Gasteiger partial charge >= 0.3 is 0 Å². The van der Waals surface area contributed by atoms with Crippen LogP contribution in [0.2, 0.25) is 5.15 Å². The Bertz CT molecular complexity index is 646. The van der Waals surface area contributed by atoms with Gasteiger partial charge in [0.2, 0.25) is 0 Å². The van der Waals surface area contributed by atoms with Gasteiger partial charge in [-0.2, -0.15) is 0 Å². The monoisotopic (exact) mass is 291 g/mol. The molecule has 104 valence electrons. The minimum atomic E-state index is -0.405. The molecule has 1 unspecified atom stereocenters. The average Bonchev–Trinajstić information content (AvgIpc) is 2.43. The lowest BCUT2D eigenvalue weighted by Crippen LogP contribution is -2.08. The quantitative estimate of drug-likeness (QED) is 0.522. The fourth-order valence-corrected chi connectivity index (χ4v) is 2.04. The van der Waals surface area contributed by atoms with Crippen molar-refractivity contribution in [3.05, 3.63) is 62.9 Å². The molecule has 1 N–H and O–H groups in total. The number of halogens is 1. The van der Waals surface area contributed by atoms with E-state index in [9.17, 15) is 10.1 Å². The highest BCUT2D eigenvalue weighted by molar-refractivity contribution is 6.31. The first-order chi connectivity index (χ1) is 9.47. The molecule has 6 heteroatoms. The molecule has 2 aromatic rings. The summed E-state index contributed by atoms with van der Waals surface area (Å²) in [4.78, 5) is 14.4. The van der Waals surface area contributed by atoms with E-state index < -0.39 is 4.92 Å². The summed E-state index contributed by atoms with van der Waals surface area (Å²) in [5.41, 5.74) is 2.59. The minimum absolute atomic E-state index is 0.0737. The maximum absolute atomic E-state index is 10.8. The van der Waals surface area contributed by atoms with Gasteiger partial charge in [-0.15, -0.1) is 0 Å². The van der Waals surface area contributed by atoms with E-state index in [4.69, 9.17) is 11.6 Å². The Labute approximate surface area is 121 Å². The molecule has 0 aliphatic rings. The molecule has 0 fully saturated rings. The fourth-order valence-electron chi connectivity index (χ4n) is 1.88. The van der Waals surface area contributed by atoms with Gasteiger partial charge in [-0.1, -0.05) is 23.7 Å². The van der Waals surface area contributed by atoms with Crippen LogP contribution in [0.5, 0.6) is 0 Å². The lowest BCUT2D eigenvalue weighted by molar-refractivity contribution is -0.384. The van der Waals surface area contributed by atoms with Crippen molar-refractivity contribution in [3.8, 4) is 0 Å². The van der Waals surface area contributed by atoms with Crippen molar-refractivity contribution >= 4 is 23.0 Å². The van der Waals surface area contributed by atoms with E-state index in [1.54, 1.807) is 18.3 Å². The number of nitro benzene ring substituents is 1. The molecule has 1 atom stereocenters. The standard InChI is InChI=1S/C14H14ClN3O2/c1-9-6-13(14(15)16-8-9)17-10(2)11-4-3-5-12(7-11)18(19)20/h3-8,10,17H,1-2H3. The molecule has 2 rings (SSSR count). The zero-order chi connectivity index (χ0) is 14.7. The van der Waals surface area contributed by atoms with Crippen LogP contribution in [0.25, 0.3) is 0 Å². The summed E-state index contributed by atoms with van der Waals surface area (Å²) in [6.45, 7) is 3.84. The van der Waals surface area contributed by atoms with Crippen molar-refractivity contribution in [1.29, 1.82) is 0 Å². The number of aryl methyl sites for hydroxylation is 1. The van der Waals surface area contributed by atoms with Crippen LogP contribution >= 0.6 is 11.6 Å². The lowest BCUT2D eigenvalue weighted by atomic mass is 10.1. The summed E-state index contributed by atoms with van der Waals surface area (Å²) >= 11 is 6.03. The second kappa shape index (κ2) is 5.88. The molecule has 0 aliphatic heterocycles. The molecule has 1 aromatic heterocycles. The van der Waals surface area contributed by atoms with Crippen molar-refractivity contribution in [2.75, 3.05) is 5.32 Å². The molecule has 0 saturated heterocycles. The van der Waals surface area contributed by atoms with Crippen LogP contribution in [-0.4, -0.2) is 9.91 Å². The number of nitrogens with zero attached hydrogens (tertiary/aromatic N) is 2. The van der Waals surface area contributed by atoms with Gasteiger partial charge in [-0.05, 0) is 31.0 Å². The maximum Gasteiger partial charge on any atom is 0.269 e. The number of benzene rings is 1. The van der Waals surface area contributed by atoms with Gasteiger partial charge in [0.15, 0.2) is 5.15 Å². The highest BCUT2D eigenvalue weighted by Crippen LogP contribution is 2.26. The SMILES string of the molecule is Cc1cnc(Cl)c(NC(C)c2cccc([N+](=O)[O-])c2)c1. The largest absolute Gasteiger partial charge is 0.376 e. The van der Waals surface area contributed by atoms with Crippen molar-refractivity contribution in [2.24, 2.45) is 0 Å². The number of aromatic nitrogens is 1. The van der Waals surface area contributed by atoms with E-state index in [1.165, 1.54) is 6.07 Å². The van der Waals surface area contributed by atoms with Gasteiger partial charge in [-0.3, -0.25) is 10.1 Å². The van der Waals surface area contributed by atoms with E-state index in [1.807, 2.05) is 26.0 Å². The van der Waals surface area contributed by atoms with Crippen molar-refractivity contribution < 1.29 is 4.92 Å². The average molecular weight is 292 g/mol. The molecular weight excluding hydrogens is 278 g/mol. The van der Waals surface area contributed by atoms with E-state index in [-0.39, 0.29) is 11.7 Å². The van der Waals surface area contributed by atoms with Gasteiger partial charge < -0.3 is 5.32 Å². The molecule has 0 spiro atoms. The first-order valence-corrected chi connectivity index (χ1v) is 6.48. The summed E-state index contributed by atoms with van der Waals surface area (Å²) in [5.74, 6) is 0. The zero-order valence-electron chi connectivity index (χ0n) is 11.1. The fraction of sp³-hybridized carbons (Fsp3) is 0.214. The topological polar surface area (TPSA) is 68.1 Å². The molecule has 20 heavy (non-hydrogen) atoms. The molecular formula is C14H14ClN3O2. The van der Waals surface area contributed by atoms with Crippen molar-refractivity contribution in [2.45, 2.75) is 19.9 Å². The molecule has 0 saturated carbocycles. The van der Waals surface area contributed by atoms with E-state index in [2.05, 4.69) is 10.3 Å². The first-order valence-electron chi connectivity index (χ1n) is 6.10. The number of nitro groups is 1. The Hall–Kier alpha value is -2.14. The van der Waals surface area contributed by atoms with Crippen molar-refractivity contribution in [1.82, 2.24) is 4.98 Å². The highest BCUT2D eigenvalue weighted by atomic mass is 35.5. The molecule has 5 nitrogen and oxygen atoms in total. The Balaban J connectivity index is 2.23. The number of hydrogen-bond acceptors (Lipinski definition) is 4. The van der Waals surface area contributed by atoms with Crippen LogP contribution in [-0.2, 0) is 0 Å². The minimum Gasteiger partial charge on any atom is -0.376 e. The summed E-state index contributed by atoms with van der Waals surface area (Å²) in [6.07, 6.45) is 1.69. The smallest absolute Gasteiger partial charge is 0.269 e. The van der Waals surface area contributed by atoms with E-state index in [0.29, 0.717) is 10.8 Å². The Morgan fingerprint density at radius 1 is 1.40 bits per heavy atom. The Morgan fingerprint density at radius 3 is 2.85 bits per heavy atom. The molecule has 1 heterocycles. The van der Waals surface area contributed by atoms with Gasteiger partial charge in [0, 0.05) is 24.4 Å². The number of hydrogen-bond donors (Lipinski definition) is 1. The second-order valence-electron chi connectivity index (χ2n) is 4.57. The predicted octanol–water partition coefficient (Wildman–Crippen LogP) is 4.12. The normalized spacial score (nSPS) is 11.9. The predicted molar refractivity (Wildman–Crippen MR) is 79.1 cm³/mol. The number of rotatable bonds is 4. The molecule has 0 radical (unpaired) electrons. The van der Waals surface area contributed by atoms with Crippen LogP contribution in [0.1, 0.15) is 24.1 Å². The summed E-state index contributed by atoms with van der Waals surface area (Å²) < 4.78 is 0. The van der Waals surface area contributed by atoms with Gasteiger partial charge in [0.1, 0.15) is 0 Å². The van der Waals surface area contributed by atoms with Crippen LogP contribution in [0.15, 0.2) is 36.5 Å². The summed E-state index contributed by atoms with van der Waals surface area (Å²) in [7, 11) is 0. The molecule has 1 aromatic carbocycles. The zero-order valence-corrected chi connectivity index (χ0v) is 11.9. The third-order valence-electron chi connectivity index (χ3n) is 2.93. The first kappa shape index (κ1) is 14.3. The third kappa shape index (κ3) is 3.24. The second-order valence-corrected chi connectivity index (χ2v) is 4.93. The highest BCUT2D eigenvalue weighted by Gasteiger charge is 2.12. The van der Waals surface area contributed by atoms with Gasteiger partial charge in [-0.25, -0.2) is 4.98 Å². The van der Waals surface area contributed by atoms with Crippen molar-refractivity contribution in [3.63, 3.8) is 0 Å². The van der Waals surface area contributed by atoms with Crippen LogP contribution in [0.3, 0.4) is 0 Å². The van der Waals surface area contributed by atoms with Crippen LogP contribution < -0.4 is 5.32 Å². The summed E-state index contributed by atoms with van der Waals surface area (Å²) in [5, 5.41) is 14.4. The van der Waals surface area contributed by atoms with E-state index in [0.717, 1.165) is 11.1 Å². The Morgan fingerprint density at radius 2 is 2.15 bits per heavy atom. The molecule has 0 bridgehead atoms. The maximum atomic E-state index is 10.8. The van der Waals surface area contributed by atoms with Gasteiger partial charge in [0.05, 0.1) is 10.6 Å².